The summed E-state index contributed by atoms with van der Waals surface area (Å²) in [4.78, 5) is 18.1. The van der Waals surface area contributed by atoms with Crippen LogP contribution < -0.4 is 10.7 Å². The fourth-order valence-electron chi connectivity index (χ4n) is 2.69. The van der Waals surface area contributed by atoms with E-state index in [1.54, 1.807) is 30.5 Å². The molecule has 32 heavy (non-hydrogen) atoms. The normalized spacial score (nSPS) is 10.3. The fraction of sp³-hybridized carbons (Fsp3) is 0.0417. The number of anilines is 3. The number of nitrogens with one attached hydrogen (secondary N) is 2. The van der Waals surface area contributed by atoms with E-state index in [1.165, 1.54) is 11.3 Å². The monoisotopic (exact) mass is 464 g/mol. The molecule has 0 spiro atoms. The maximum absolute atomic E-state index is 13.1. The molecule has 0 aliphatic rings. The molecular weight excluding hydrogens is 444 g/mol. The van der Waals surface area contributed by atoms with E-state index in [9.17, 15) is 4.79 Å². The third kappa shape index (κ3) is 6.24. The molecule has 0 aliphatic heterocycles. The van der Waals surface area contributed by atoms with Gasteiger partial charge in [0.25, 0.3) is 0 Å². The highest BCUT2D eigenvalue weighted by molar-refractivity contribution is 7.18. The summed E-state index contributed by atoms with van der Waals surface area (Å²) in [5.74, 6) is 0.244. The standard InChI is InChI=1S/C23H17ClN4OS.CH4O/c24-18-13-11-17(12-14-18)20(29)21-22(28-25-15-16-7-3-1-4-8-16)27-23(30-21)26-19-9-5-2-6-10-19;1-2/h1-15,28H,(H,26,27);2H,1H3/b25-15+;. The average molecular weight is 465 g/mol. The van der Waals surface area contributed by atoms with Gasteiger partial charge in [-0.25, -0.2) is 4.98 Å². The van der Waals surface area contributed by atoms with Gasteiger partial charge in [0.1, 0.15) is 4.88 Å². The van der Waals surface area contributed by atoms with Gasteiger partial charge in [0.15, 0.2) is 10.9 Å². The van der Waals surface area contributed by atoms with Crippen molar-refractivity contribution in [1.29, 1.82) is 0 Å². The summed E-state index contributed by atoms with van der Waals surface area (Å²) in [6, 6.07) is 26.1. The number of benzene rings is 3. The third-order valence-electron chi connectivity index (χ3n) is 4.15. The Hall–Kier alpha value is -3.52. The number of halogens is 1. The topological polar surface area (TPSA) is 86.6 Å². The van der Waals surface area contributed by atoms with Crippen molar-refractivity contribution in [3.63, 3.8) is 0 Å². The van der Waals surface area contributed by atoms with E-state index in [1.807, 2.05) is 60.7 Å². The molecule has 162 valence electrons. The smallest absolute Gasteiger partial charge is 0.206 e. The average Bonchev–Trinajstić information content (AvgIpc) is 3.24. The number of nitrogens with zero attached hydrogens (tertiary/aromatic N) is 2. The largest absolute Gasteiger partial charge is 0.400 e. The van der Waals surface area contributed by atoms with Crippen molar-refractivity contribution in [2.45, 2.75) is 0 Å². The first-order chi connectivity index (χ1) is 15.7. The number of ketones is 1. The van der Waals surface area contributed by atoms with Gasteiger partial charge in [0.05, 0.1) is 6.21 Å². The molecule has 0 amide bonds. The van der Waals surface area contributed by atoms with E-state index in [2.05, 4.69) is 20.8 Å². The molecule has 0 unspecified atom stereocenters. The van der Waals surface area contributed by atoms with Crippen molar-refractivity contribution >= 4 is 51.6 Å². The van der Waals surface area contributed by atoms with Crippen LogP contribution in [0, 0.1) is 0 Å². The van der Waals surface area contributed by atoms with Gasteiger partial charge in [-0.3, -0.25) is 10.2 Å². The van der Waals surface area contributed by atoms with E-state index in [0.29, 0.717) is 26.4 Å². The van der Waals surface area contributed by atoms with Gasteiger partial charge in [0, 0.05) is 23.4 Å². The zero-order valence-corrected chi connectivity index (χ0v) is 18.8. The first-order valence-corrected chi connectivity index (χ1v) is 10.8. The summed E-state index contributed by atoms with van der Waals surface area (Å²) in [5.41, 5.74) is 5.27. The van der Waals surface area contributed by atoms with Gasteiger partial charge < -0.3 is 10.4 Å². The van der Waals surface area contributed by atoms with Crippen LogP contribution in [0.3, 0.4) is 0 Å². The van der Waals surface area contributed by atoms with Crippen molar-refractivity contribution in [3.05, 3.63) is 106 Å². The van der Waals surface area contributed by atoms with Crippen molar-refractivity contribution in [2.75, 3.05) is 17.9 Å². The van der Waals surface area contributed by atoms with Crippen molar-refractivity contribution in [1.82, 2.24) is 4.98 Å². The van der Waals surface area contributed by atoms with E-state index < -0.39 is 0 Å². The highest BCUT2D eigenvalue weighted by Crippen LogP contribution is 2.31. The van der Waals surface area contributed by atoms with Crippen molar-refractivity contribution in [2.24, 2.45) is 5.10 Å². The second kappa shape index (κ2) is 11.8. The molecule has 3 aromatic carbocycles. The highest BCUT2D eigenvalue weighted by atomic mass is 35.5. The maximum atomic E-state index is 13.1. The minimum absolute atomic E-state index is 0.150. The summed E-state index contributed by atoms with van der Waals surface area (Å²) in [6.45, 7) is 0. The molecule has 1 heterocycles. The molecule has 0 radical (unpaired) electrons. The van der Waals surface area contributed by atoms with Crippen LogP contribution in [-0.4, -0.2) is 29.2 Å². The quantitative estimate of drug-likeness (QED) is 0.182. The Morgan fingerprint density at radius 1 is 0.969 bits per heavy atom. The van der Waals surface area contributed by atoms with Crippen LogP contribution in [-0.2, 0) is 0 Å². The van der Waals surface area contributed by atoms with Gasteiger partial charge in [-0.15, -0.1) is 0 Å². The number of carbonyl (C=O) groups excluding carboxylic acids is 1. The molecule has 4 aromatic rings. The zero-order chi connectivity index (χ0) is 22.8. The highest BCUT2D eigenvalue weighted by Gasteiger charge is 2.20. The predicted octanol–water partition coefficient (Wildman–Crippen LogP) is 5.83. The molecule has 0 atom stereocenters. The molecule has 0 bridgehead atoms. The Bertz CT molecular complexity index is 1160. The van der Waals surface area contributed by atoms with Crippen LogP contribution in [0.15, 0.2) is 90.0 Å². The minimum Gasteiger partial charge on any atom is -0.400 e. The Balaban J connectivity index is 0.00000141. The lowest BCUT2D eigenvalue weighted by Crippen LogP contribution is -2.03. The lowest BCUT2D eigenvalue weighted by atomic mass is 10.1. The van der Waals surface area contributed by atoms with Gasteiger partial charge in [-0.2, -0.15) is 5.10 Å². The third-order valence-corrected chi connectivity index (χ3v) is 5.37. The van der Waals surface area contributed by atoms with Gasteiger partial charge in [0.2, 0.25) is 5.78 Å². The van der Waals surface area contributed by atoms with Crippen LogP contribution in [0.1, 0.15) is 20.8 Å². The first-order valence-electron chi connectivity index (χ1n) is 9.61. The van der Waals surface area contributed by atoms with Gasteiger partial charge in [-0.05, 0) is 42.0 Å². The minimum atomic E-state index is -0.150. The zero-order valence-electron chi connectivity index (χ0n) is 17.2. The Morgan fingerprint density at radius 3 is 2.25 bits per heavy atom. The molecule has 0 saturated carbocycles. The molecule has 6 nitrogen and oxygen atoms in total. The number of aliphatic hydroxyl groups is 1. The van der Waals surface area contributed by atoms with Gasteiger partial charge >= 0.3 is 0 Å². The lowest BCUT2D eigenvalue weighted by molar-refractivity contribution is 0.104. The number of aliphatic hydroxyl groups excluding tert-OH is 1. The van der Waals surface area contributed by atoms with Gasteiger partial charge in [-0.1, -0.05) is 71.5 Å². The lowest BCUT2D eigenvalue weighted by Gasteiger charge is -2.01. The van der Waals surface area contributed by atoms with Crippen LogP contribution in [0.2, 0.25) is 5.02 Å². The fourth-order valence-corrected chi connectivity index (χ4v) is 3.71. The SMILES string of the molecule is CO.O=C(c1ccc(Cl)cc1)c1sc(Nc2ccccc2)nc1N/N=C/c1ccccc1. The van der Waals surface area contributed by atoms with E-state index in [4.69, 9.17) is 16.7 Å². The number of hydrogen-bond donors (Lipinski definition) is 3. The molecular formula is C24H21ClN4O2S. The van der Waals surface area contributed by atoms with Crippen molar-refractivity contribution < 1.29 is 9.90 Å². The van der Waals surface area contributed by atoms with Crippen molar-refractivity contribution in [3.8, 4) is 0 Å². The summed E-state index contributed by atoms with van der Waals surface area (Å²) in [5, 5.41) is 15.7. The molecule has 4 rings (SSSR count). The summed E-state index contributed by atoms with van der Waals surface area (Å²) < 4.78 is 0. The number of carbonyl (C=O) groups is 1. The summed E-state index contributed by atoms with van der Waals surface area (Å²) in [6.07, 6.45) is 1.68. The second-order valence-corrected chi connectivity index (χ2v) is 7.74. The Kier molecular flexibility index (Phi) is 8.51. The molecule has 0 fully saturated rings. The second-order valence-electron chi connectivity index (χ2n) is 6.30. The number of thiazole rings is 1. The predicted molar refractivity (Wildman–Crippen MR) is 133 cm³/mol. The van der Waals surface area contributed by atoms with Crippen LogP contribution in [0.5, 0.6) is 0 Å². The molecule has 1 aromatic heterocycles. The van der Waals surface area contributed by atoms with Crippen LogP contribution in [0.4, 0.5) is 16.6 Å². The van der Waals surface area contributed by atoms with Crippen LogP contribution in [0.25, 0.3) is 0 Å². The summed E-state index contributed by atoms with van der Waals surface area (Å²) in [7, 11) is 1.00. The van der Waals surface area contributed by atoms with E-state index in [-0.39, 0.29) is 5.78 Å². The number of rotatable bonds is 7. The van der Waals surface area contributed by atoms with E-state index in [0.717, 1.165) is 18.4 Å². The number of hydrogen-bond acceptors (Lipinski definition) is 7. The van der Waals surface area contributed by atoms with E-state index >= 15 is 0 Å². The molecule has 0 saturated heterocycles. The summed E-state index contributed by atoms with van der Waals surface area (Å²) >= 11 is 7.22. The Labute approximate surface area is 195 Å². The molecule has 8 heteroatoms. The maximum Gasteiger partial charge on any atom is 0.206 e. The van der Waals surface area contributed by atoms with Crippen LogP contribution >= 0.6 is 22.9 Å². The molecule has 0 aliphatic carbocycles. The molecule has 3 N–H and O–H groups in total. The number of para-hydroxylation sites is 1. The Morgan fingerprint density at radius 2 is 1.59 bits per heavy atom. The number of hydrazone groups is 1. The number of aromatic nitrogens is 1. The first kappa shape index (κ1) is 23.1.